The number of para-hydroxylation sites is 3. The van der Waals surface area contributed by atoms with Gasteiger partial charge in [-0.25, -0.2) is 0 Å². The van der Waals surface area contributed by atoms with Crippen LogP contribution in [-0.2, 0) is 4.79 Å². The fourth-order valence-electron chi connectivity index (χ4n) is 2.46. The zero-order valence-electron chi connectivity index (χ0n) is 14.8. The van der Waals surface area contributed by atoms with Gasteiger partial charge < -0.3 is 10.1 Å². The first kappa shape index (κ1) is 18.0. The highest BCUT2D eigenvalue weighted by Gasteiger charge is 2.20. The van der Waals surface area contributed by atoms with Crippen molar-refractivity contribution in [3.8, 4) is 11.4 Å². The third-order valence-electron chi connectivity index (χ3n) is 3.92. The molecule has 1 atom stereocenters. The van der Waals surface area contributed by atoms with E-state index >= 15 is 0 Å². The Morgan fingerprint density at radius 2 is 1.92 bits per heavy atom. The van der Waals surface area contributed by atoms with Gasteiger partial charge in [-0.15, -0.1) is 10.2 Å². The van der Waals surface area contributed by atoms with Crippen LogP contribution in [0, 0.1) is 6.92 Å². The first-order valence-corrected chi connectivity index (χ1v) is 9.04. The fraction of sp³-hybridized carbons (Fsp3) is 0.211. The number of benzene rings is 2. The van der Waals surface area contributed by atoms with Crippen LogP contribution < -0.4 is 10.1 Å². The van der Waals surface area contributed by atoms with Crippen molar-refractivity contribution in [1.29, 1.82) is 0 Å². The molecule has 3 aromatic rings. The number of ether oxygens (including phenoxy) is 1. The number of nitrogens with zero attached hydrogens (tertiary/aromatic N) is 3. The quantitative estimate of drug-likeness (QED) is 0.672. The van der Waals surface area contributed by atoms with Crippen LogP contribution in [0.25, 0.3) is 5.69 Å². The van der Waals surface area contributed by atoms with E-state index in [9.17, 15) is 4.79 Å². The lowest BCUT2D eigenvalue weighted by Crippen LogP contribution is -2.23. The zero-order chi connectivity index (χ0) is 18.5. The van der Waals surface area contributed by atoms with E-state index in [1.165, 1.54) is 11.8 Å². The van der Waals surface area contributed by atoms with E-state index in [1.54, 1.807) is 13.4 Å². The smallest absolute Gasteiger partial charge is 0.237 e. The summed E-state index contributed by atoms with van der Waals surface area (Å²) in [4.78, 5) is 12.5. The van der Waals surface area contributed by atoms with Crippen molar-refractivity contribution < 1.29 is 9.53 Å². The third-order valence-corrected chi connectivity index (χ3v) is 4.97. The molecule has 0 saturated heterocycles. The molecule has 0 aliphatic carbocycles. The Kier molecular flexibility index (Phi) is 5.58. The molecular formula is C19H20N4O2S. The van der Waals surface area contributed by atoms with Crippen LogP contribution in [0.5, 0.6) is 5.75 Å². The van der Waals surface area contributed by atoms with Gasteiger partial charge in [-0.3, -0.25) is 9.36 Å². The number of carbonyl (C=O) groups excluding carboxylic acids is 1. The maximum Gasteiger partial charge on any atom is 0.237 e. The molecule has 6 nitrogen and oxygen atoms in total. The van der Waals surface area contributed by atoms with Crippen molar-refractivity contribution in [2.75, 3.05) is 12.4 Å². The summed E-state index contributed by atoms with van der Waals surface area (Å²) in [7, 11) is 1.62. The Morgan fingerprint density at radius 3 is 2.69 bits per heavy atom. The number of rotatable bonds is 6. The number of hydrogen-bond donors (Lipinski definition) is 1. The van der Waals surface area contributed by atoms with Crippen LogP contribution in [-0.4, -0.2) is 33.0 Å². The second kappa shape index (κ2) is 8.05. The topological polar surface area (TPSA) is 69.0 Å². The third kappa shape index (κ3) is 3.88. The Morgan fingerprint density at radius 1 is 1.19 bits per heavy atom. The number of hydrogen-bond acceptors (Lipinski definition) is 5. The van der Waals surface area contributed by atoms with Crippen molar-refractivity contribution in [1.82, 2.24) is 14.8 Å². The van der Waals surface area contributed by atoms with E-state index in [1.807, 2.05) is 66.9 Å². The summed E-state index contributed by atoms with van der Waals surface area (Å²) in [5, 5.41) is 11.4. The van der Waals surface area contributed by atoms with Crippen molar-refractivity contribution >= 4 is 23.4 Å². The van der Waals surface area contributed by atoms with E-state index in [0.717, 1.165) is 16.9 Å². The summed E-state index contributed by atoms with van der Waals surface area (Å²) in [5.41, 5.74) is 2.67. The van der Waals surface area contributed by atoms with Crippen molar-refractivity contribution in [2.24, 2.45) is 0 Å². The number of nitrogens with one attached hydrogen (secondary N) is 1. The number of carbonyl (C=O) groups is 1. The summed E-state index contributed by atoms with van der Waals surface area (Å²) < 4.78 is 7.22. The average Bonchev–Trinajstić information content (AvgIpc) is 3.11. The first-order valence-electron chi connectivity index (χ1n) is 8.16. The molecule has 2 aromatic carbocycles. The minimum atomic E-state index is -0.340. The molecule has 0 saturated carbocycles. The number of aromatic nitrogens is 3. The molecule has 7 heteroatoms. The molecule has 0 fully saturated rings. The second-order valence-corrected chi connectivity index (χ2v) is 7.03. The molecule has 26 heavy (non-hydrogen) atoms. The van der Waals surface area contributed by atoms with Crippen LogP contribution in [0.15, 0.2) is 60.0 Å². The van der Waals surface area contributed by atoms with Crippen LogP contribution in [0.4, 0.5) is 5.69 Å². The standard InChI is InChI=1S/C19H20N4O2S/c1-13-8-4-5-9-15(13)21-18(24)14(2)26-19-22-20-12-23(19)16-10-6-7-11-17(16)25-3/h4-12,14H,1-3H3,(H,21,24). The molecule has 0 aliphatic rings. The molecule has 134 valence electrons. The Bertz CT molecular complexity index is 910. The molecule has 1 unspecified atom stereocenters. The predicted octanol–water partition coefficient (Wildman–Crippen LogP) is 3.70. The summed E-state index contributed by atoms with van der Waals surface area (Å²) in [6.07, 6.45) is 1.62. The Balaban J connectivity index is 1.76. The SMILES string of the molecule is COc1ccccc1-n1cnnc1SC(C)C(=O)Nc1ccccc1C. The van der Waals surface area contributed by atoms with Gasteiger partial charge in [0.1, 0.15) is 12.1 Å². The minimum Gasteiger partial charge on any atom is -0.495 e. The van der Waals surface area contributed by atoms with Crippen LogP contribution >= 0.6 is 11.8 Å². The van der Waals surface area contributed by atoms with Crippen LogP contribution in [0.2, 0.25) is 0 Å². The second-order valence-electron chi connectivity index (χ2n) is 5.72. The van der Waals surface area contributed by atoms with Gasteiger partial charge in [0, 0.05) is 5.69 Å². The number of aryl methyl sites for hydroxylation is 1. The van der Waals surface area contributed by atoms with Crippen LogP contribution in [0.3, 0.4) is 0 Å². The maximum absolute atomic E-state index is 12.5. The minimum absolute atomic E-state index is 0.0844. The lowest BCUT2D eigenvalue weighted by atomic mass is 10.2. The molecule has 1 amide bonds. The molecule has 3 rings (SSSR count). The number of methoxy groups -OCH3 is 1. The summed E-state index contributed by atoms with van der Waals surface area (Å²) >= 11 is 1.35. The van der Waals surface area contributed by atoms with Gasteiger partial charge in [0.15, 0.2) is 5.16 Å². The van der Waals surface area contributed by atoms with Gasteiger partial charge in [0.05, 0.1) is 18.0 Å². The summed E-state index contributed by atoms with van der Waals surface area (Å²) in [6.45, 7) is 3.81. The van der Waals surface area contributed by atoms with E-state index in [2.05, 4.69) is 15.5 Å². The highest BCUT2D eigenvalue weighted by molar-refractivity contribution is 8.00. The van der Waals surface area contributed by atoms with Gasteiger partial charge >= 0.3 is 0 Å². The Hall–Kier alpha value is -2.80. The molecule has 1 heterocycles. The molecule has 0 aliphatic heterocycles. The lowest BCUT2D eigenvalue weighted by Gasteiger charge is -2.14. The molecular weight excluding hydrogens is 348 g/mol. The number of amides is 1. The van der Waals surface area contributed by atoms with Crippen LogP contribution in [0.1, 0.15) is 12.5 Å². The highest BCUT2D eigenvalue weighted by Crippen LogP contribution is 2.29. The van der Waals surface area contributed by atoms with Gasteiger partial charge in [-0.1, -0.05) is 42.1 Å². The van der Waals surface area contributed by atoms with E-state index in [-0.39, 0.29) is 11.2 Å². The highest BCUT2D eigenvalue weighted by atomic mass is 32.2. The van der Waals surface area contributed by atoms with Gasteiger partial charge in [0.2, 0.25) is 5.91 Å². The van der Waals surface area contributed by atoms with Gasteiger partial charge in [-0.05, 0) is 37.6 Å². The predicted molar refractivity (Wildman–Crippen MR) is 103 cm³/mol. The normalized spacial score (nSPS) is 11.8. The van der Waals surface area contributed by atoms with Crippen molar-refractivity contribution in [3.05, 3.63) is 60.4 Å². The summed E-state index contributed by atoms with van der Waals surface area (Å²) in [5.74, 6) is 0.630. The number of thioether (sulfide) groups is 1. The molecule has 0 spiro atoms. The van der Waals surface area contributed by atoms with Gasteiger partial charge in [0.25, 0.3) is 0 Å². The molecule has 0 radical (unpaired) electrons. The molecule has 0 bridgehead atoms. The largest absolute Gasteiger partial charge is 0.495 e. The average molecular weight is 368 g/mol. The lowest BCUT2D eigenvalue weighted by molar-refractivity contribution is -0.115. The summed E-state index contributed by atoms with van der Waals surface area (Å²) in [6, 6.07) is 15.3. The number of anilines is 1. The Labute approximate surface area is 156 Å². The fourth-order valence-corrected chi connectivity index (χ4v) is 3.29. The van der Waals surface area contributed by atoms with E-state index in [4.69, 9.17) is 4.74 Å². The molecule has 1 aromatic heterocycles. The van der Waals surface area contributed by atoms with Gasteiger partial charge in [-0.2, -0.15) is 0 Å². The first-order chi connectivity index (χ1) is 12.6. The maximum atomic E-state index is 12.5. The van der Waals surface area contributed by atoms with E-state index < -0.39 is 0 Å². The van der Waals surface area contributed by atoms with Crippen molar-refractivity contribution in [2.45, 2.75) is 24.3 Å². The van der Waals surface area contributed by atoms with Crippen molar-refractivity contribution in [3.63, 3.8) is 0 Å². The zero-order valence-corrected chi connectivity index (χ0v) is 15.7. The monoisotopic (exact) mass is 368 g/mol. The molecule has 1 N–H and O–H groups in total. The van der Waals surface area contributed by atoms with E-state index in [0.29, 0.717) is 10.9 Å².